The lowest BCUT2D eigenvalue weighted by Crippen LogP contribution is -2.21. The van der Waals surface area contributed by atoms with Gasteiger partial charge in [0, 0.05) is 5.38 Å². The van der Waals surface area contributed by atoms with Crippen LogP contribution in [0.1, 0.15) is 11.3 Å². The number of carbonyl (C=O) groups is 1. The van der Waals surface area contributed by atoms with E-state index in [-0.39, 0.29) is 12.5 Å². The minimum Gasteiger partial charge on any atom is -0.484 e. The first-order chi connectivity index (χ1) is 10.1. The van der Waals surface area contributed by atoms with Gasteiger partial charge in [-0.2, -0.15) is 4.98 Å². The molecule has 3 rings (SSSR count). The quantitative estimate of drug-likeness (QED) is 0.803. The number of thiazole rings is 1. The Balaban J connectivity index is 1.61. The van der Waals surface area contributed by atoms with E-state index < -0.39 is 0 Å². The lowest BCUT2D eigenvalue weighted by atomic mass is 10.2. The maximum Gasteiger partial charge on any atom is 0.264 e. The number of nitrogens with one attached hydrogen (secondary N) is 1. The van der Waals surface area contributed by atoms with Crippen molar-refractivity contribution < 1.29 is 9.53 Å². The number of ether oxygens (including phenoxy) is 1. The topological polar surface area (TPSA) is 68.5 Å². The summed E-state index contributed by atoms with van der Waals surface area (Å²) in [5.74, 6) is 0.676. The third-order valence-electron chi connectivity index (χ3n) is 2.86. The second-order valence-corrected chi connectivity index (χ2v) is 5.50. The Hall–Kier alpha value is -2.41. The van der Waals surface area contributed by atoms with E-state index in [2.05, 4.69) is 15.4 Å². The molecule has 0 aliphatic rings. The van der Waals surface area contributed by atoms with Gasteiger partial charge >= 0.3 is 0 Å². The Morgan fingerprint density at radius 2 is 2.29 bits per heavy atom. The average molecular weight is 302 g/mol. The van der Waals surface area contributed by atoms with Gasteiger partial charge in [-0.05, 0) is 31.5 Å². The second kappa shape index (κ2) is 5.53. The van der Waals surface area contributed by atoms with Gasteiger partial charge in [-0.25, -0.2) is 4.52 Å². The molecular weight excluding hydrogens is 288 g/mol. The van der Waals surface area contributed by atoms with Crippen LogP contribution in [0.3, 0.4) is 0 Å². The monoisotopic (exact) mass is 302 g/mol. The summed E-state index contributed by atoms with van der Waals surface area (Å²) < 4.78 is 7.12. The van der Waals surface area contributed by atoms with Crippen molar-refractivity contribution in [2.75, 3.05) is 11.9 Å². The number of amides is 1. The number of fused-ring (bicyclic) bond motifs is 1. The molecule has 21 heavy (non-hydrogen) atoms. The first-order valence-corrected chi connectivity index (χ1v) is 7.30. The normalized spacial score (nSPS) is 10.8. The summed E-state index contributed by atoms with van der Waals surface area (Å²) >= 11 is 1.48. The Morgan fingerprint density at radius 3 is 3.05 bits per heavy atom. The van der Waals surface area contributed by atoms with Crippen molar-refractivity contribution in [1.29, 1.82) is 0 Å². The fourth-order valence-corrected chi connectivity index (χ4v) is 2.66. The molecule has 0 atom stereocenters. The van der Waals surface area contributed by atoms with Crippen LogP contribution in [0.15, 0.2) is 29.6 Å². The first-order valence-electron chi connectivity index (χ1n) is 6.42. The van der Waals surface area contributed by atoms with E-state index in [0.29, 0.717) is 11.7 Å². The summed E-state index contributed by atoms with van der Waals surface area (Å²) in [7, 11) is 0. The van der Waals surface area contributed by atoms with Crippen LogP contribution >= 0.6 is 11.3 Å². The number of carbonyl (C=O) groups excluding carboxylic acids is 1. The van der Waals surface area contributed by atoms with Crippen LogP contribution in [0.2, 0.25) is 0 Å². The third-order valence-corrected chi connectivity index (χ3v) is 3.79. The Bertz CT molecular complexity index is 793. The van der Waals surface area contributed by atoms with Gasteiger partial charge in [0.05, 0.1) is 5.69 Å². The summed E-state index contributed by atoms with van der Waals surface area (Å²) in [6.45, 7) is 3.83. The summed E-state index contributed by atoms with van der Waals surface area (Å²) in [5.41, 5.74) is 2.07. The average Bonchev–Trinajstić information content (AvgIpc) is 2.99. The van der Waals surface area contributed by atoms with Crippen molar-refractivity contribution in [3.8, 4) is 5.75 Å². The van der Waals surface area contributed by atoms with Crippen LogP contribution in [0.25, 0.3) is 4.96 Å². The fraction of sp³-hybridized carbons (Fsp3) is 0.214. The highest BCUT2D eigenvalue weighted by molar-refractivity contribution is 7.15. The minimum absolute atomic E-state index is 0.0741. The molecule has 0 radical (unpaired) electrons. The van der Waals surface area contributed by atoms with Crippen LogP contribution in [0, 0.1) is 13.8 Å². The molecule has 0 unspecified atom stereocenters. The Labute approximate surface area is 125 Å². The lowest BCUT2D eigenvalue weighted by molar-refractivity contribution is -0.118. The highest BCUT2D eigenvalue weighted by Gasteiger charge is 2.10. The van der Waals surface area contributed by atoms with E-state index in [4.69, 9.17) is 4.74 Å². The molecule has 108 valence electrons. The van der Waals surface area contributed by atoms with Crippen molar-refractivity contribution >= 4 is 28.2 Å². The molecule has 0 saturated carbocycles. The maximum atomic E-state index is 11.8. The zero-order valence-electron chi connectivity index (χ0n) is 11.7. The Morgan fingerprint density at radius 1 is 1.43 bits per heavy atom. The highest BCUT2D eigenvalue weighted by Crippen LogP contribution is 2.15. The van der Waals surface area contributed by atoms with Crippen LogP contribution < -0.4 is 10.1 Å². The van der Waals surface area contributed by atoms with E-state index in [1.54, 1.807) is 4.52 Å². The lowest BCUT2D eigenvalue weighted by Gasteiger charge is -2.05. The molecular formula is C14H14N4O2S. The van der Waals surface area contributed by atoms with Crippen LogP contribution in [0.4, 0.5) is 5.95 Å². The van der Waals surface area contributed by atoms with Gasteiger partial charge in [-0.15, -0.1) is 16.4 Å². The first kappa shape index (κ1) is 13.6. The van der Waals surface area contributed by atoms with E-state index in [9.17, 15) is 4.79 Å². The summed E-state index contributed by atoms with van der Waals surface area (Å²) in [4.78, 5) is 16.8. The molecule has 0 fully saturated rings. The molecule has 7 heteroatoms. The minimum atomic E-state index is -0.285. The van der Waals surface area contributed by atoms with E-state index >= 15 is 0 Å². The predicted molar refractivity (Wildman–Crippen MR) is 80.9 cm³/mol. The van der Waals surface area contributed by atoms with Crippen molar-refractivity contribution in [2.45, 2.75) is 13.8 Å². The van der Waals surface area contributed by atoms with E-state index in [1.807, 2.05) is 43.5 Å². The fourth-order valence-electron chi connectivity index (χ4n) is 1.86. The molecule has 3 aromatic rings. The zero-order chi connectivity index (χ0) is 14.8. The molecule has 0 spiro atoms. The maximum absolute atomic E-state index is 11.8. The number of anilines is 1. The van der Waals surface area contributed by atoms with E-state index in [1.165, 1.54) is 11.3 Å². The number of rotatable bonds is 4. The summed E-state index contributed by atoms with van der Waals surface area (Å²) in [6.07, 6.45) is 0. The third kappa shape index (κ3) is 3.03. The smallest absolute Gasteiger partial charge is 0.264 e. The van der Waals surface area contributed by atoms with Crippen molar-refractivity contribution in [1.82, 2.24) is 14.6 Å². The number of nitrogens with zero attached hydrogens (tertiary/aromatic N) is 3. The second-order valence-electron chi connectivity index (χ2n) is 4.66. The summed E-state index contributed by atoms with van der Waals surface area (Å²) in [5, 5.41) is 8.80. The van der Waals surface area contributed by atoms with Gasteiger partial charge in [0.25, 0.3) is 11.9 Å². The molecule has 6 nitrogen and oxygen atoms in total. The van der Waals surface area contributed by atoms with Gasteiger partial charge in [-0.1, -0.05) is 12.1 Å². The van der Waals surface area contributed by atoms with Gasteiger partial charge in [0.2, 0.25) is 4.96 Å². The number of hydrogen-bond donors (Lipinski definition) is 1. The van der Waals surface area contributed by atoms with Crippen LogP contribution in [0.5, 0.6) is 5.75 Å². The van der Waals surface area contributed by atoms with Gasteiger partial charge in [0.1, 0.15) is 5.75 Å². The largest absolute Gasteiger partial charge is 0.484 e. The molecule has 1 amide bonds. The van der Waals surface area contributed by atoms with Gasteiger partial charge in [0.15, 0.2) is 6.61 Å². The predicted octanol–water partition coefficient (Wildman–Crippen LogP) is 2.43. The van der Waals surface area contributed by atoms with Crippen molar-refractivity contribution in [3.63, 3.8) is 0 Å². The molecule has 0 aliphatic carbocycles. The van der Waals surface area contributed by atoms with Crippen molar-refractivity contribution in [2.24, 2.45) is 0 Å². The van der Waals surface area contributed by atoms with Gasteiger partial charge in [-0.3, -0.25) is 10.1 Å². The standard InChI is InChI=1S/C14H14N4O2S/c1-9-4-3-5-11(6-9)20-7-12(19)15-13-16-14-18(17-13)10(2)8-21-14/h3-6,8H,7H2,1-2H3,(H,15,17,19). The van der Waals surface area contributed by atoms with Crippen molar-refractivity contribution in [3.05, 3.63) is 40.9 Å². The molecule has 0 bridgehead atoms. The van der Waals surface area contributed by atoms with Gasteiger partial charge < -0.3 is 4.74 Å². The molecule has 0 aliphatic heterocycles. The number of hydrogen-bond acceptors (Lipinski definition) is 5. The number of benzene rings is 1. The molecule has 0 saturated heterocycles. The number of aromatic nitrogens is 3. The van der Waals surface area contributed by atoms with Crippen LogP contribution in [-0.2, 0) is 4.79 Å². The molecule has 1 aromatic carbocycles. The SMILES string of the molecule is Cc1cccc(OCC(=O)Nc2nc3scc(C)n3n2)c1. The summed E-state index contributed by atoms with van der Waals surface area (Å²) in [6, 6.07) is 7.55. The highest BCUT2D eigenvalue weighted by atomic mass is 32.1. The molecule has 2 heterocycles. The van der Waals surface area contributed by atoms with E-state index in [0.717, 1.165) is 16.2 Å². The molecule has 2 aromatic heterocycles. The zero-order valence-corrected chi connectivity index (χ0v) is 12.5. The number of aryl methyl sites for hydroxylation is 2. The van der Waals surface area contributed by atoms with Crippen LogP contribution in [-0.4, -0.2) is 27.1 Å². The Kier molecular flexibility index (Phi) is 3.57. The molecule has 1 N–H and O–H groups in total.